The number of amides is 4. The van der Waals surface area contributed by atoms with E-state index < -0.39 is 11.6 Å². The summed E-state index contributed by atoms with van der Waals surface area (Å²) < 4.78 is 0. The maximum Gasteiger partial charge on any atom is 0.250 e. The van der Waals surface area contributed by atoms with Crippen LogP contribution in [-0.4, -0.2) is 97.0 Å². The van der Waals surface area contributed by atoms with Crippen LogP contribution in [0.4, 0.5) is 5.69 Å². The Kier molecular flexibility index (Phi) is 11.5. The maximum atomic E-state index is 14.2. The van der Waals surface area contributed by atoms with Crippen LogP contribution in [0.15, 0.2) is 54.6 Å². The molecular formula is C34H46ClN7O4. The molecule has 2 heterocycles. The van der Waals surface area contributed by atoms with Gasteiger partial charge in [0.1, 0.15) is 18.1 Å². The molecule has 5 rings (SSSR count). The summed E-state index contributed by atoms with van der Waals surface area (Å²) in [4.78, 5) is 59.4. The minimum Gasteiger partial charge on any atom is -0.352 e. The summed E-state index contributed by atoms with van der Waals surface area (Å²) in [6, 6.07) is 16.4. The Morgan fingerprint density at radius 3 is 2.33 bits per heavy atom. The average Bonchev–Trinajstić information content (AvgIpc) is 3.32. The topological polar surface area (TPSA) is 140 Å². The van der Waals surface area contributed by atoms with Crippen LogP contribution in [0, 0.1) is 0 Å². The molecule has 1 spiro atoms. The third-order valence-electron chi connectivity index (χ3n) is 9.38. The lowest BCUT2D eigenvalue weighted by atomic mass is 9.85. The normalized spacial score (nSPS) is 18.9. The highest BCUT2D eigenvalue weighted by Gasteiger charge is 2.54. The van der Waals surface area contributed by atoms with Crippen LogP contribution in [0.2, 0.25) is 5.02 Å². The Morgan fingerprint density at radius 2 is 1.65 bits per heavy atom. The zero-order valence-electron chi connectivity index (χ0n) is 26.4. The monoisotopic (exact) mass is 651 g/mol. The number of piperidine rings is 1. The van der Waals surface area contributed by atoms with E-state index in [4.69, 9.17) is 17.3 Å². The predicted molar refractivity (Wildman–Crippen MR) is 178 cm³/mol. The Hall–Kier alpha value is -3.67. The molecule has 1 saturated carbocycles. The van der Waals surface area contributed by atoms with Crippen molar-refractivity contribution in [2.24, 2.45) is 5.73 Å². The minimum atomic E-state index is -0.871. The largest absolute Gasteiger partial charge is 0.352 e. The van der Waals surface area contributed by atoms with E-state index in [0.29, 0.717) is 57.1 Å². The standard InChI is InChI=1S/C34H46ClN7O4/c35-26-13-11-25(12-14-26)21-29(39-30(43)22-37-18-17-36)32(45)40-19-15-34(16-20-40)33(46)41(24-42(34)28-9-5-2-6-10-28)23-31(44)38-27-7-3-1-4-8-27/h2,5-6,9-14,27,29,37H,1,3-4,7-8,15-24,36H2,(H,38,44)(H,39,43)/t29-/m1/s1. The number of nitrogens with zero attached hydrogens (tertiary/aromatic N) is 3. The summed E-state index contributed by atoms with van der Waals surface area (Å²) in [6.07, 6.45) is 6.51. The van der Waals surface area contributed by atoms with Crippen molar-refractivity contribution < 1.29 is 19.2 Å². The van der Waals surface area contributed by atoms with Crippen LogP contribution in [-0.2, 0) is 25.6 Å². The lowest BCUT2D eigenvalue weighted by Gasteiger charge is -2.44. The molecule has 2 aliphatic heterocycles. The summed E-state index contributed by atoms with van der Waals surface area (Å²) in [5, 5.41) is 9.61. The van der Waals surface area contributed by atoms with Crippen molar-refractivity contribution in [3.05, 3.63) is 65.2 Å². The number of carbonyl (C=O) groups is 4. The molecule has 1 atom stereocenters. The summed E-state index contributed by atoms with van der Waals surface area (Å²) in [5.41, 5.74) is 6.44. The molecule has 2 aromatic carbocycles. The fourth-order valence-corrected chi connectivity index (χ4v) is 7.06. The van der Waals surface area contributed by atoms with Gasteiger partial charge in [-0.05, 0) is 55.5 Å². The van der Waals surface area contributed by atoms with Crippen molar-refractivity contribution in [3.8, 4) is 0 Å². The zero-order chi connectivity index (χ0) is 32.5. The highest BCUT2D eigenvalue weighted by atomic mass is 35.5. The number of nitrogens with one attached hydrogen (secondary N) is 3. The van der Waals surface area contributed by atoms with Crippen LogP contribution in [0.3, 0.4) is 0 Å². The second-order valence-electron chi connectivity index (χ2n) is 12.6. The van der Waals surface area contributed by atoms with Gasteiger partial charge < -0.3 is 36.4 Å². The Balaban J connectivity index is 1.29. The van der Waals surface area contributed by atoms with Crippen molar-refractivity contribution in [3.63, 3.8) is 0 Å². The summed E-state index contributed by atoms with van der Waals surface area (Å²) >= 11 is 6.08. The van der Waals surface area contributed by atoms with Crippen molar-refractivity contribution in [2.45, 2.75) is 69.0 Å². The second-order valence-corrected chi connectivity index (χ2v) is 13.0. The highest BCUT2D eigenvalue weighted by Crippen LogP contribution is 2.39. The van der Waals surface area contributed by atoms with Gasteiger partial charge in [-0.15, -0.1) is 0 Å². The van der Waals surface area contributed by atoms with Gasteiger partial charge in [0, 0.05) is 49.4 Å². The fraction of sp³-hybridized carbons (Fsp3) is 0.529. The van der Waals surface area contributed by atoms with E-state index in [1.165, 1.54) is 6.42 Å². The molecule has 4 amide bonds. The van der Waals surface area contributed by atoms with E-state index in [1.54, 1.807) is 21.9 Å². The quantitative estimate of drug-likeness (QED) is 0.258. The van der Waals surface area contributed by atoms with E-state index in [-0.39, 0.29) is 42.8 Å². The molecule has 0 aromatic heterocycles. The summed E-state index contributed by atoms with van der Waals surface area (Å²) in [7, 11) is 0. The number of anilines is 1. The highest BCUT2D eigenvalue weighted by molar-refractivity contribution is 6.30. The van der Waals surface area contributed by atoms with Gasteiger partial charge in [0.05, 0.1) is 13.2 Å². The summed E-state index contributed by atoms with van der Waals surface area (Å²) in [6.45, 7) is 1.94. The molecule has 1 aliphatic carbocycles. The number of rotatable bonds is 12. The molecule has 3 aliphatic rings. The number of benzene rings is 2. The van der Waals surface area contributed by atoms with Crippen LogP contribution in [0.25, 0.3) is 0 Å². The fourth-order valence-electron chi connectivity index (χ4n) is 6.94. The van der Waals surface area contributed by atoms with Gasteiger partial charge in [-0.2, -0.15) is 0 Å². The molecule has 248 valence electrons. The number of hydrogen-bond donors (Lipinski definition) is 4. The molecule has 0 radical (unpaired) electrons. The van der Waals surface area contributed by atoms with Gasteiger partial charge in [-0.25, -0.2) is 0 Å². The van der Waals surface area contributed by atoms with E-state index in [0.717, 1.165) is 36.9 Å². The minimum absolute atomic E-state index is 0.0104. The third-order valence-corrected chi connectivity index (χ3v) is 9.63. The first-order chi connectivity index (χ1) is 22.3. The number of hydrogen-bond acceptors (Lipinski definition) is 7. The first-order valence-corrected chi connectivity index (χ1v) is 16.8. The van der Waals surface area contributed by atoms with Gasteiger partial charge >= 0.3 is 0 Å². The molecule has 0 unspecified atom stereocenters. The van der Waals surface area contributed by atoms with E-state index in [1.807, 2.05) is 42.5 Å². The lowest BCUT2D eigenvalue weighted by Crippen LogP contribution is -2.60. The predicted octanol–water partition coefficient (Wildman–Crippen LogP) is 2.03. The van der Waals surface area contributed by atoms with E-state index in [2.05, 4.69) is 20.9 Å². The molecule has 0 bridgehead atoms. The van der Waals surface area contributed by atoms with Crippen molar-refractivity contribution >= 4 is 40.9 Å². The zero-order valence-corrected chi connectivity index (χ0v) is 27.1. The summed E-state index contributed by atoms with van der Waals surface area (Å²) in [5.74, 6) is -0.700. The smallest absolute Gasteiger partial charge is 0.250 e. The first kappa shape index (κ1) is 33.7. The van der Waals surface area contributed by atoms with Crippen LogP contribution in [0.1, 0.15) is 50.5 Å². The number of likely N-dealkylation sites (tertiary alicyclic amines) is 1. The molecule has 2 aromatic rings. The third kappa shape index (κ3) is 8.18. The molecule has 12 heteroatoms. The lowest BCUT2D eigenvalue weighted by molar-refractivity contribution is -0.141. The van der Waals surface area contributed by atoms with Crippen LogP contribution in [0.5, 0.6) is 0 Å². The average molecular weight is 652 g/mol. The number of halogens is 1. The van der Waals surface area contributed by atoms with E-state index >= 15 is 0 Å². The van der Waals surface area contributed by atoms with Crippen molar-refractivity contribution in [2.75, 3.05) is 50.8 Å². The van der Waals surface area contributed by atoms with Gasteiger partial charge in [0.2, 0.25) is 17.7 Å². The molecule has 2 saturated heterocycles. The number of nitrogens with two attached hydrogens (primary N) is 1. The second kappa shape index (κ2) is 15.8. The van der Waals surface area contributed by atoms with Crippen LogP contribution >= 0.6 is 11.6 Å². The maximum absolute atomic E-state index is 14.2. The van der Waals surface area contributed by atoms with Gasteiger partial charge in [-0.1, -0.05) is 61.2 Å². The van der Waals surface area contributed by atoms with Crippen LogP contribution < -0.4 is 26.6 Å². The molecule has 11 nitrogen and oxygen atoms in total. The van der Waals surface area contributed by atoms with Gasteiger partial charge in [0.25, 0.3) is 5.91 Å². The first-order valence-electron chi connectivity index (χ1n) is 16.4. The van der Waals surface area contributed by atoms with E-state index in [9.17, 15) is 19.2 Å². The number of carbonyl (C=O) groups excluding carboxylic acids is 4. The molecular weight excluding hydrogens is 606 g/mol. The molecule has 5 N–H and O–H groups in total. The Labute approximate surface area is 276 Å². The van der Waals surface area contributed by atoms with Crippen molar-refractivity contribution in [1.82, 2.24) is 25.8 Å². The molecule has 3 fully saturated rings. The van der Waals surface area contributed by atoms with Gasteiger partial charge in [0.15, 0.2) is 0 Å². The van der Waals surface area contributed by atoms with Gasteiger partial charge in [-0.3, -0.25) is 19.2 Å². The number of para-hydroxylation sites is 1. The SMILES string of the molecule is NCCNCC(=O)N[C@H](Cc1ccc(Cl)cc1)C(=O)N1CCC2(CC1)C(=O)N(CC(=O)NC1CCCCC1)CN2c1ccccc1. The Bertz CT molecular complexity index is 1350. The molecule has 46 heavy (non-hydrogen) atoms. The Morgan fingerprint density at radius 1 is 0.957 bits per heavy atom. The van der Waals surface area contributed by atoms with Crippen molar-refractivity contribution in [1.29, 1.82) is 0 Å².